The van der Waals surface area contributed by atoms with Crippen LogP contribution in [0.5, 0.6) is 23.3 Å². The number of rotatable bonds is 8. The molecular formula is C22H15N5O6. The highest BCUT2D eigenvalue weighted by Crippen LogP contribution is 2.32. The molecule has 0 spiro atoms. The second kappa shape index (κ2) is 10.1. The van der Waals surface area contributed by atoms with Gasteiger partial charge in [0.25, 0.3) is 0 Å². The number of aromatic nitrogens is 1. The highest BCUT2D eigenvalue weighted by atomic mass is 16.5. The molecule has 0 fully saturated rings. The van der Waals surface area contributed by atoms with E-state index in [1.165, 1.54) is 24.3 Å². The Hall–Kier alpha value is -5.29. The third-order valence-electron chi connectivity index (χ3n) is 3.98. The number of hydrogen-bond donors (Lipinski definition) is 3. The molecule has 0 saturated carbocycles. The number of carboxylic acid groups (broad SMARTS) is 2. The molecule has 3 aromatic rings. The van der Waals surface area contributed by atoms with Gasteiger partial charge in [-0.15, -0.1) is 0 Å². The van der Waals surface area contributed by atoms with Crippen molar-refractivity contribution in [3.8, 4) is 35.4 Å². The lowest BCUT2D eigenvalue weighted by Crippen LogP contribution is -2.39. The lowest BCUT2D eigenvalue weighted by atomic mass is 10.2. The summed E-state index contributed by atoms with van der Waals surface area (Å²) in [5, 5.41) is 36.8. The van der Waals surface area contributed by atoms with Gasteiger partial charge >= 0.3 is 12.1 Å². The highest BCUT2D eigenvalue weighted by molar-refractivity contribution is 5.77. The van der Waals surface area contributed by atoms with Gasteiger partial charge in [-0.25, -0.2) is 9.80 Å². The molecule has 164 valence electrons. The van der Waals surface area contributed by atoms with Crippen LogP contribution in [0, 0.1) is 22.7 Å². The average molecular weight is 445 g/mol. The van der Waals surface area contributed by atoms with E-state index >= 15 is 0 Å². The SMILES string of the molecule is N#Cc1cccc(Oc2ccc(NN(CC(=O)O)C(=O)O)c(Oc3cccc(C#N)c3)n2)c1. The summed E-state index contributed by atoms with van der Waals surface area (Å²) in [5.74, 6) is -0.900. The number of carboxylic acids is 1. The maximum absolute atomic E-state index is 11.4. The number of hydrogen-bond acceptors (Lipinski definition) is 8. The third kappa shape index (κ3) is 6.10. The van der Waals surface area contributed by atoms with E-state index in [1.54, 1.807) is 36.4 Å². The quantitative estimate of drug-likeness (QED) is 0.433. The molecule has 0 bridgehead atoms. The van der Waals surface area contributed by atoms with Gasteiger partial charge in [0.05, 0.1) is 23.3 Å². The zero-order valence-electron chi connectivity index (χ0n) is 16.8. The van der Waals surface area contributed by atoms with Crippen molar-refractivity contribution < 1.29 is 29.3 Å². The van der Waals surface area contributed by atoms with Crippen LogP contribution in [0.4, 0.5) is 10.5 Å². The van der Waals surface area contributed by atoms with Gasteiger partial charge in [0.2, 0.25) is 11.8 Å². The van der Waals surface area contributed by atoms with Crippen molar-refractivity contribution in [2.75, 3.05) is 12.0 Å². The summed E-state index contributed by atoms with van der Waals surface area (Å²) in [4.78, 5) is 26.6. The summed E-state index contributed by atoms with van der Waals surface area (Å²) in [6, 6.07) is 19.3. The summed E-state index contributed by atoms with van der Waals surface area (Å²) >= 11 is 0. The normalized spacial score (nSPS) is 9.76. The maximum atomic E-state index is 11.4. The zero-order chi connectivity index (χ0) is 23.8. The third-order valence-corrected chi connectivity index (χ3v) is 3.98. The monoisotopic (exact) mass is 445 g/mol. The van der Waals surface area contributed by atoms with Crippen LogP contribution in [0.3, 0.4) is 0 Å². The van der Waals surface area contributed by atoms with Crippen LogP contribution in [0.15, 0.2) is 60.7 Å². The lowest BCUT2D eigenvalue weighted by molar-refractivity contribution is -0.137. The highest BCUT2D eigenvalue weighted by Gasteiger charge is 2.19. The molecule has 2 aromatic carbocycles. The van der Waals surface area contributed by atoms with Crippen LogP contribution < -0.4 is 14.9 Å². The Labute approximate surface area is 187 Å². The van der Waals surface area contributed by atoms with Crippen molar-refractivity contribution in [1.82, 2.24) is 9.99 Å². The van der Waals surface area contributed by atoms with Crippen LogP contribution in [-0.2, 0) is 4.79 Å². The van der Waals surface area contributed by atoms with Crippen LogP contribution >= 0.6 is 0 Å². The number of amides is 1. The molecule has 0 atom stereocenters. The number of nitriles is 2. The number of nitrogens with zero attached hydrogens (tertiary/aromatic N) is 4. The largest absolute Gasteiger partial charge is 0.480 e. The van der Waals surface area contributed by atoms with E-state index in [1.807, 2.05) is 12.1 Å². The molecule has 1 amide bonds. The summed E-state index contributed by atoms with van der Waals surface area (Å²) in [5.41, 5.74) is 3.16. The van der Waals surface area contributed by atoms with E-state index in [0.717, 1.165) is 0 Å². The first-order valence-corrected chi connectivity index (χ1v) is 9.24. The molecule has 1 heterocycles. The van der Waals surface area contributed by atoms with Gasteiger partial charge in [-0.3, -0.25) is 10.2 Å². The molecule has 3 N–H and O–H groups in total. The van der Waals surface area contributed by atoms with Gasteiger partial charge in [-0.1, -0.05) is 12.1 Å². The summed E-state index contributed by atoms with van der Waals surface area (Å²) in [7, 11) is 0. The molecule has 3 rings (SSSR count). The van der Waals surface area contributed by atoms with Gasteiger partial charge < -0.3 is 19.7 Å². The number of hydrazine groups is 1. The van der Waals surface area contributed by atoms with Crippen LogP contribution in [-0.4, -0.2) is 38.8 Å². The first-order chi connectivity index (χ1) is 15.9. The molecule has 11 heteroatoms. The van der Waals surface area contributed by atoms with Crippen molar-refractivity contribution in [1.29, 1.82) is 10.5 Å². The Balaban J connectivity index is 1.96. The topological polar surface area (TPSA) is 169 Å². The Bertz CT molecular complexity index is 1280. The van der Waals surface area contributed by atoms with Crippen LogP contribution in [0.1, 0.15) is 11.1 Å². The van der Waals surface area contributed by atoms with E-state index in [9.17, 15) is 14.7 Å². The van der Waals surface area contributed by atoms with Crippen molar-refractivity contribution in [2.45, 2.75) is 0 Å². The lowest BCUT2D eigenvalue weighted by Gasteiger charge is -2.21. The van der Waals surface area contributed by atoms with Crippen molar-refractivity contribution in [3.05, 3.63) is 71.8 Å². The number of ether oxygens (including phenoxy) is 2. The Kier molecular flexibility index (Phi) is 6.89. The van der Waals surface area contributed by atoms with Crippen molar-refractivity contribution in [3.63, 3.8) is 0 Å². The molecule has 0 radical (unpaired) electrons. The van der Waals surface area contributed by atoms with Gasteiger partial charge in [-0.05, 0) is 42.5 Å². The number of aliphatic carboxylic acids is 1. The number of carbonyl (C=O) groups is 2. The molecule has 0 saturated heterocycles. The smallest absolute Gasteiger partial charge is 0.426 e. The summed E-state index contributed by atoms with van der Waals surface area (Å²) in [6.45, 7) is -0.849. The molecule has 0 aliphatic carbocycles. The fourth-order valence-electron chi connectivity index (χ4n) is 2.57. The molecule has 11 nitrogen and oxygen atoms in total. The number of pyridine rings is 1. The Morgan fingerprint density at radius 2 is 1.55 bits per heavy atom. The summed E-state index contributed by atoms with van der Waals surface area (Å²) < 4.78 is 11.4. The molecule has 0 aliphatic rings. The predicted octanol–water partition coefficient (Wildman–Crippen LogP) is 3.80. The maximum Gasteiger partial charge on any atom is 0.426 e. The minimum Gasteiger partial charge on any atom is -0.480 e. The van der Waals surface area contributed by atoms with Crippen LogP contribution in [0.2, 0.25) is 0 Å². The van der Waals surface area contributed by atoms with Gasteiger partial charge in [0, 0.05) is 6.07 Å². The molecule has 1 aromatic heterocycles. The Morgan fingerprint density at radius 1 is 0.939 bits per heavy atom. The number of anilines is 1. The molecular weight excluding hydrogens is 430 g/mol. The second-order valence-corrected chi connectivity index (χ2v) is 6.36. The summed E-state index contributed by atoms with van der Waals surface area (Å²) in [6.07, 6.45) is -1.54. The van der Waals surface area contributed by atoms with Gasteiger partial charge in [-0.2, -0.15) is 15.5 Å². The fraction of sp³-hybridized carbons (Fsp3) is 0.0455. The van der Waals surface area contributed by atoms with Crippen LogP contribution in [0.25, 0.3) is 0 Å². The Morgan fingerprint density at radius 3 is 2.09 bits per heavy atom. The van der Waals surface area contributed by atoms with E-state index in [-0.39, 0.29) is 23.2 Å². The zero-order valence-corrected chi connectivity index (χ0v) is 16.8. The van der Waals surface area contributed by atoms with E-state index in [2.05, 4.69) is 10.4 Å². The van der Waals surface area contributed by atoms with Crippen molar-refractivity contribution in [2.24, 2.45) is 0 Å². The van der Waals surface area contributed by atoms with E-state index < -0.39 is 18.6 Å². The minimum absolute atomic E-state index is 0.0270. The standard InChI is InChI=1S/C22H15N5O6/c23-11-14-3-1-5-16(9-14)32-19-8-7-18(26-27(22(30)31)13-20(28)29)21(25-19)33-17-6-2-4-15(10-17)12-24/h1-10,26H,13H2,(H,28,29)(H,30,31). The molecule has 33 heavy (non-hydrogen) atoms. The second-order valence-electron chi connectivity index (χ2n) is 6.36. The average Bonchev–Trinajstić information content (AvgIpc) is 2.80. The van der Waals surface area contributed by atoms with Crippen molar-refractivity contribution >= 4 is 17.7 Å². The van der Waals surface area contributed by atoms with Gasteiger partial charge in [0.1, 0.15) is 23.7 Å². The van der Waals surface area contributed by atoms with E-state index in [0.29, 0.717) is 21.9 Å². The first-order valence-electron chi connectivity index (χ1n) is 9.24. The van der Waals surface area contributed by atoms with Gasteiger partial charge in [0.15, 0.2) is 0 Å². The van der Waals surface area contributed by atoms with E-state index in [4.69, 9.17) is 25.1 Å². The minimum atomic E-state index is -1.54. The first kappa shape index (κ1) is 22.4. The number of benzene rings is 2. The molecule has 0 unspecified atom stereocenters. The predicted molar refractivity (Wildman–Crippen MR) is 113 cm³/mol. The fourth-order valence-corrected chi connectivity index (χ4v) is 2.57. The number of nitrogens with one attached hydrogen (secondary N) is 1. The molecule has 0 aliphatic heterocycles.